The van der Waals surface area contributed by atoms with Crippen molar-refractivity contribution in [3.05, 3.63) is 59.6 Å². The normalized spacial score (nSPS) is 27.9. The zero-order valence-corrected chi connectivity index (χ0v) is 12.0. The molecule has 2 rings (SSSR count). The van der Waals surface area contributed by atoms with Crippen molar-refractivity contribution in [3.8, 4) is 0 Å². The van der Waals surface area contributed by atoms with Gasteiger partial charge in [-0.1, -0.05) is 42.5 Å². The molecule has 1 heteroatoms. The Hall–Kier alpha value is -0.950. The maximum atomic E-state index is 4.69. The second-order valence-electron chi connectivity index (χ2n) is 5.35. The minimum absolute atomic E-state index is 0.466. The molecule has 0 heterocycles. The highest BCUT2D eigenvalue weighted by Crippen LogP contribution is 2.45. The summed E-state index contributed by atoms with van der Waals surface area (Å²) in [6.45, 7) is 10.2. The lowest BCUT2D eigenvalue weighted by Crippen LogP contribution is -2.29. The van der Waals surface area contributed by atoms with Gasteiger partial charge >= 0.3 is 0 Å². The van der Waals surface area contributed by atoms with Gasteiger partial charge in [0.25, 0.3) is 0 Å². The first-order chi connectivity index (χ1) is 8.65. The maximum Gasteiger partial charge on any atom is 0.0178 e. The molecule has 0 spiro atoms. The molecule has 0 saturated carbocycles. The number of thiol groups is 1. The third kappa shape index (κ3) is 2.56. The number of hydrogen-bond acceptors (Lipinski definition) is 1. The molecule has 0 aromatic carbocycles. The summed E-state index contributed by atoms with van der Waals surface area (Å²) in [7, 11) is 0. The Labute approximate surface area is 116 Å². The highest BCUT2D eigenvalue weighted by atomic mass is 32.1. The van der Waals surface area contributed by atoms with Gasteiger partial charge < -0.3 is 0 Å². The van der Waals surface area contributed by atoms with Crippen LogP contribution < -0.4 is 0 Å². The third-order valence-corrected chi connectivity index (χ3v) is 4.54. The van der Waals surface area contributed by atoms with Gasteiger partial charge in [-0.3, -0.25) is 0 Å². The van der Waals surface area contributed by atoms with Crippen molar-refractivity contribution in [2.45, 2.75) is 26.2 Å². The zero-order valence-electron chi connectivity index (χ0n) is 11.1. The SMILES string of the molecule is C=CC[C@H](C(=C)C)[C@H]1CCC=C2C=CC=C(S)C21. The van der Waals surface area contributed by atoms with Gasteiger partial charge in [0.2, 0.25) is 0 Å². The summed E-state index contributed by atoms with van der Waals surface area (Å²) in [5.74, 6) is 1.61. The van der Waals surface area contributed by atoms with Crippen LogP contribution in [0.3, 0.4) is 0 Å². The summed E-state index contributed by atoms with van der Waals surface area (Å²) in [4.78, 5) is 1.20. The van der Waals surface area contributed by atoms with E-state index in [4.69, 9.17) is 0 Å². The Morgan fingerprint density at radius 3 is 3.06 bits per heavy atom. The second kappa shape index (κ2) is 5.79. The standard InChI is InChI=1S/C17H22S/c1-4-7-14(12(2)3)15-10-5-8-13-9-6-11-16(18)17(13)15/h4,6,8-9,11,14-15,17-18H,1-2,5,7,10H2,3H3/t14-,15-,17?/m1/s1. The summed E-state index contributed by atoms with van der Waals surface area (Å²) < 4.78 is 0. The van der Waals surface area contributed by atoms with Gasteiger partial charge in [0, 0.05) is 5.92 Å². The quantitative estimate of drug-likeness (QED) is 0.527. The summed E-state index contributed by atoms with van der Waals surface area (Å²) in [5.41, 5.74) is 2.71. The van der Waals surface area contributed by atoms with E-state index in [-0.39, 0.29) is 0 Å². The maximum absolute atomic E-state index is 4.69. The average Bonchev–Trinajstić information content (AvgIpc) is 2.35. The van der Waals surface area contributed by atoms with Crippen molar-refractivity contribution in [3.63, 3.8) is 0 Å². The molecule has 0 amide bonds. The van der Waals surface area contributed by atoms with Crippen LogP contribution in [0.5, 0.6) is 0 Å². The van der Waals surface area contributed by atoms with E-state index in [0.717, 1.165) is 6.42 Å². The molecule has 96 valence electrons. The molecule has 0 saturated heterocycles. The fourth-order valence-electron chi connectivity index (χ4n) is 3.26. The molecule has 0 bridgehead atoms. The van der Waals surface area contributed by atoms with Crippen molar-refractivity contribution in [2.24, 2.45) is 17.8 Å². The van der Waals surface area contributed by atoms with Crippen molar-refractivity contribution >= 4 is 12.6 Å². The Kier molecular flexibility index (Phi) is 4.34. The van der Waals surface area contributed by atoms with Crippen LogP contribution in [0.25, 0.3) is 0 Å². The number of rotatable bonds is 4. The fourth-order valence-corrected chi connectivity index (χ4v) is 3.69. The smallest absolute Gasteiger partial charge is 0.0178 e. The lowest BCUT2D eigenvalue weighted by Gasteiger charge is -2.38. The zero-order chi connectivity index (χ0) is 13.1. The Bertz CT molecular complexity index is 437. The van der Waals surface area contributed by atoms with E-state index in [1.165, 1.54) is 28.9 Å². The van der Waals surface area contributed by atoms with Crippen LogP contribution in [-0.4, -0.2) is 0 Å². The van der Waals surface area contributed by atoms with Crippen molar-refractivity contribution in [2.75, 3.05) is 0 Å². The van der Waals surface area contributed by atoms with E-state index in [9.17, 15) is 0 Å². The van der Waals surface area contributed by atoms with Gasteiger partial charge in [0.05, 0.1) is 0 Å². The first-order valence-corrected chi connectivity index (χ1v) is 7.13. The van der Waals surface area contributed by atoms with Gasteiger partial charge in [0.15, 0.2) is 0 Å². The van der Waals surface area contributed by atoms with Crippen LogP contribution in [-0.2, 0) is 0 Å². The lowest BCUT2D eigenvalue weighted by atomic mass is 9.68. The number of hydrogen-bond donors (Lipinski definition) is 1. The summed E-state index contributed by atoms with van der Waals surface area (Å²) in [5, 5.41) is 0. The molecule has 0 radical (unpaired) electrons. The van der Waals surface area contributed by atoms with Crippen molar-refractivity contribution in [1.82, 2.24) is 0 Å². The van der Waals surface area contributed by atoms with E-state index < -0.39 is 0 Å². The molecule has 1 unspecified atom stereocenters. The topological polar surface area (TPSA) is 0 Å². The van der Waals surface area contributed by atoms with Crippen LogP contribution >= 0.6 is 12.6 Å². The van der Waals surface area contributed by atoms with E-state index in [1.807, 2.05) is 6.08 Å². The highest BCUT2D eigenvalue weighted by molar-refractivity contribution is 7.84. The first kappa shape index (κ1) is 13.5. The minimum Gasteiger partial charge on any atom is -0.147 e. The summed E-state index contributed by atoms with van der Waals surface area (Å²) in [6, 6.07) is 0. The van der Waals surface area contributed by atoms with Crippen LogP contribution in [0.15, 0.2) is 59.6 Å². The van der Waals surface area contributed by atoms with E-state index in [2.05, 4.69) is 57.0 Å². The second-order valence-corrected chi connectivity index (χ2v) is 5.87. The summed E-state index contributed by atoms with van der Waals surface area (Å²) >= 11 is 4.69. The van der Waals surface area contributed by atoms with Gasteiger partial charge in [-0.2, -0.15) is 0 Å². The first-order valence-electron chi connectivity index (χ1n) is 6.68. The van der Waals surface area contributed by atoms with Gasteiger partial charge in [-0.25, -0.2) is 0 Å². The Morgan fingerprint density at radius 2 is 2.39 bits per heavy atom. The molecular formula is C17H22S. The molecule has 2 aliphatic rings. The van der Waals surface area contributed by atoms with Gasteiger partial charge in [-0.15, -0.1) is 19.2 Å². The molecule has 0 aromatic rings. The summed E-state index contributed by atoms with van der Waals surface area (Å²) in [6.07, 6.45) is 14.3. The lowest BCUT2D eigenvalue weighted by molar-refractivity contribution is 0.291. The van der Waals surface area contributed by atoms with E-state index in [1.54, 1.807) is 0 Å². The molecular weight excluding hydrogens is 236 g/mol. The molecule has 18 heavy (non-hydrogen) atoms. The monoisotopic (exact) mass is 258 g/mol. The fraction of sp³-hybridized carbons (Fsp3) is 0.412. The average molecular weight is 258 g/mol. The van der Waals surface area contributed by atoms with E-state index >= 15 is 0 Å². The molecule has 0 aromatic heterocycles. The van der Waals surface area contributed by atoms with Crippen LogP contribution in [0.4, 0.5) is 0 Å². The van der Waals surface area contributed by atoms with Crippen molar-refractivity contribution in [1.29, 1.82) is 0 Å². The number of allylic oxidation sites excluding steroid dienone is 8. The number of fused-ring (bicyclic) bond motifs is 1. The van der Waals surface area contributed by atoms with Crippen molar-refractivity contribution < 1.29 is 0 Å². The van der Waals surface area contributed by atoms with Gasteiger partial charge in [0.1, 0.15) is 0 Å². The van der Waals surface area contributed by atoms with Crippen LogP contribution in [0.2, 0.25) is 0 Å². The molecule has 0 aliphatic heterocycles. The third-order valence-electron chi connectivity index (χ3n) is 4.11. The molecule has 0 nitrogen and oxygen atoms in total. The molecule has 0 fully saturated rings. The van der Waals surface area contributed by atoms with Crippen LogP contribution in [0.1, 0.15) is 26.2 Å². The molecule has 2 aliphatic carbocycles. The molecule has 3 atom stereocenters. The highest BCUT2D eigenvalue weighted by Gasteiger charge is 2.34. The Balaban J connectivity index is 2.30. The predicted molar refractivity (Wildman–Crippen MR) is 83.6 cm³/mol. The minimum atomic E-state index is 0.466. The van der Waals surface area contributed by atoms with E-state index in [0.29, 0.717) is 17.8 Å². The van der Waals surface area contributed by atoms with Gasteiger partial charge in [-0.05, 0) is 48.5 Å². The molecule has 0 N–H and O–H groups in total. The van der Waals surface area contributed by atoms with Crippen LogP contribution in [0, 0.1) is 17.8 Å². The predicted octanol–water partition coefficient (Wildman–Crippen LogP) is 5.09. The largest absolute Gasteiger partial charge is 0.147 e. The Morgan fingerprint density at radius 1 is 1.61 bits per heavy atom.